The Morgan fingerprint density at radius 2 is 1.39 bits per heavy atom. The molecule has 5 rings (SSSR count). The maximum absolute atomic E-state index is 13.1. The smallest absolute Gasteiger partial charge is 0.339 e. The van der Waals surface area contributed by atoms with Crippen LogP contribution in [0.25, 0.3) is 0 Å². The zero-order chi connectivity index (χ0) is 27.2. The van der Waals surface area contributed by atoms with Crippen molar-refractivity contribution in [3.63, 3.8) is 0 Å². The van der Waals surface area contributed by atoms with Crippen LogP contribution in [-0.4, -0.2) is 35.4 Å². The molecule has 2 aliphatic heterocycles. The van der Waals surface area contributed by atoms with Crippen molar-refractivity contribution >= 4 is 26.2 Å². The summed E-state index contributed by atoms with van der Waals surface area (Å²) in [5.41, 5.74) is 2.06. The number of esters is 1. The number of benzene rings is 3. The largest absolute Gasteiger partial charge is 0.464 e. The quantitative estimate of drug-likeness (QED) is 0.309. The van der Waals surface area contributed by atoms with Crippen LogP contribution >= 0.6 is 0 Å². The van der Waals surface area contributed by atoms with E-state index in [1.165, 1.54) is 43.3 Å². The minimum absolute atomic E-state index is 0.0799. The molecule has 2 aliphatic rings. The fourth-order valence-electron chi connectivity index (χ4n) is 4.28. The molecule has 10 nitrogen and oxygen atoms in total. The fourth-order valence-corrected chi connectivity index (χ4v) is 6.13. The minimum atomic E-state index is -4.32. The van der Waals surface area contributed by atoms with Crippen molar-refractivity contribution in [1.29, 1.82) is 0 Å². The number of carbonyl (C=O) groups excluding carboxylic acids is 1. The van der Waals surface area contributed by atoms with E-state index in [2.05, 4.69) is 0 Å². The molecule has 0 radical (unpaired) electrons. The van der Waals surface area contributed by atoms with E-state index in [1.54, 1.807) is 24.3 Å². The van der Waals surface area contributed by atoms with E-state index in [4.69, 9.17) is 22.6 Å². The van der Waals surface area contributed by atoms with Gasteiger partial charge in [0.15, 0.2) is 5.75 Å². The van der Waals surface area contributed by atoms with E-state index in [9.17, 15) is 21.6 Å². The first-order chi connectivity index (χ1) is 17.9. The number of rotatable bonds is 7. The van der Waals surface area contributed by atoms with Gasteiger partial charge < -0.3 is 22.6 Å². The summed E-state index contributed by atoms with van der Waals surface area (Å²) in [7, 11) is -8.57. The van der Waals surface area contributed by atoms with Crippen molar-refractivity contribution in [1.82, 2.24) is 0 Å². The lowest BCUT2D eigenvalue weighted by Gasteiger charge is -2.16. The molecule has 0 aromatic heterocycles. The molecule has 0 bridgehead atoms. The molecule has 3 atom stereocenters. The molecule has 38 heavy (non-hydrogen) atoms. The second-order valence-corrected chi connectivity index (χ2v) is 12.1. The minimum Gasteiger partial charge on any atom is -0.464 e. The number of aryl methyl sites for hydroxylation is 2. The average molecular weight is 561 g/mol. The number of fused-ring (bicyclic) bond motifs is 3. The number of hydrogen-bond donors (Lipinski definition) is 0. The fraction of sp³-hybridized carbons (Fsp3) is 0.269. The summed E-state index contributed by atoms with van der Waals surface area (Å²) in [5, 5.41) is 0. The normalized spacial score (nSPS) is 20.2. The molecule has 0 spiro atoms. The van der Waals surface area contributed by atoms with Crippen LogP contribution in [0.15, 0.2) is 70.5 Å². The van der Waals surface area contributed by atoms with Crippen LogP contribution in [-0.2, 0) is 34.5 Å². The Labute approximate surface area is 220 Å². The molecule has 0 amide bonds. The van der Waals surface area contributed by atoms with Crippen LogP contribution in [0.5, 0.6) is 17.2 Å². The van der Waals surface area contributed by atoms with Gasteiger partial charge in [0.25, 0.3) is 0 Å². The average Bonchev–Trinajstić information content (AvgIpc) is 3.35. The molecular formula is C26H24O10S2. The van der Waals surface area contributed by atoms with Crippen molar-refractivity contribution < 1.29 is 44.2 Å². The number of hydrogen-bond acceptors (Lipinski definition) is 10. The van der Waals surface area contributed by atoms with Crippen molar-refractivity contribution in [3.05, 3.63) is 77.4 Å². The standard InChI is InChI=1S/C26H24O10S2/c1-15-4-8-19(9-5-15)37(28,29)35-18-12-22-25(21-14-24(32-17(3)27)34-26(21)33-22)23(13-18)36-38(30,31)20-10-6-16(2)7-11-20/h4-13,21,24,26H,14H2,1-3H3/t21-,24+,26-/m1/s1. The first-order valence-electron chi connectivity index (χ1n) is 11.6. The monoisotopic (exact) mass is 560 g/mol. The van der Waals surface area contributed by atoms with Crippen molar-refractivity contribution in [2.75, 3.05) is 0 Å². The lowest BCUT2D eigenvalue weighted by atomic mass is 9.97. The maximum Gasteiger partial charge on any atom is 0.339 e. The summed E-state index contributed by atoms with van der Waals surface area (Å²) >= 11 is 0. The second kappa shape index (κ2) is 9.61. The molecule has 0 N–H and O–H groups in total. The molecular weight excluding hydrogens is 536 g/mol. The third-order valence-corrected chi connectivity index (χ3v) is 8.58. The summed E-state index contributed by atoms with van der Waals surface area (Å²) in [6.45, 7) is 4.88. The third-order valence-electron chi connectivity index (χ3n) is 6.07. The Hall–Kier alpha value is -3.61. The van der Waals surface area contributed by atoms with Crippen LogP contribution in [0.4, 0.5) is 0 Å². The van der Waals surface area contributed by atoms with E-state index >= 15 is 0 Å². The van der Waals surface area contributed by atoms with Crippen LogP contribution in [0.1, 0.15) is 36.0 Å². The number of ether oxygens (including phenoxy) is 3. The first kappa shape index (κ1) is 26.0. The molecule has 1 fully saturated rings. The number of carbonyl (C=O) groups is 1. The van der Waals surface area contributed by atoms with Gasteiger partial charge >= 0.3 is 26.2 Å². The van der Waals surface area contributed by atoms with Gasteiger partial charge in [-0.05, 0) is 38.1 Å². The summed E-state index contributed by atoms with van der Waals surface area (Å²) in [6.07, 6.45) is -1.61. The summed E-state index contributed by atoms with van der Waals surface area (Å²) in [6, 6.07) is 14.6. The van der Waals surface area contributed by atoms with Gasteiger partial charge in [0.05, 0.1) is 5.92 Å². The molecule has 1 saturated heterocycles. The Balaban J connectivity index is 1.53. The van der Waals surface area contributed by atoms with E-state index in [0.29, 0.717) is 5.56 Å². The highest BCUT2D eigenvalue weighted by Gasteiger charge is 2.48. The van der Waals surface area contributed by atoms with Gasteiger partial charge in [-0.2, -0.15) is 16.8 Å². The highest BCUT2D eigenvalue weighted by molar-refractivity contribution is 7.87. The lowest BCUT2D eigenvalue weighted by Crippen LogP contribution is -2.19. The van der Waals surface area contributed by atoms with Crippen LogP contribution in [0.3, 0.4) is 0 Å². The molecule has 3 aromatic carbocycles. The zero-order valence-electron chi connectivity index (χ0n) is 20.6. The van der Waals surface area contributed by atoms with Gasteiger partial charge in [0.1, 0.15) is 21.3 Å². The van der Waals surface area contributed by atoms with E-state index < -0.39 is 44.7 Å². The Morgan fingerprint density at radius 3 is 1.95 bits per heavy atom. The predicted octanol–water partition coefficient (Wildman–Crippen LogP) is 3.95. The zero-order valence-corrected chi connectivity index (χ0v) is 22.2. The van der Waals surface area contributed by atoms with Gasteiger partial charge in [0.2, 0.25) is 12.6 Å². The van der Waals surface area contributed by atoms with Crippen LogP contribution in [0.2, 0.25) is 0 Å². The molecule has 0 aliphatic carbocycles. The molecule has 3 aromatic rings. The van der Waals surface area contributed by atoms with Crippen molar-refractivity contribution in [2.45, 2.75) is 55.5 Å². The summed E-state index contributed by atoms with van der Waals surface area (Å²) in [5.74, 6) is -1.35. The Bertz CT molecular complexity index is 1590. The van der Waals surface area contributed by atoms with Gasteiger partial charge in [-0.3, -0.25) is 4.79 Å². The molecule has 12 heteroatoms. The van der Waals surface area contributed by atoms with E-state index in [0.717, 1.165) is 11.1 Å². The first-order valence-corrected chi connectivity index (χ1v) is 14.4. The van der Waals surface area contributed by atoms with Gasteiger partial charge in [0, 0.05) is 31.0 Å². The third kappa shape index (κ3) is 5.19. The van der Waals surface area contributed by atoms with E-state index in [-0.39, 0.29) is 33.5 Å². The van der Waals surface area contributed by atoms with Crippen molar-refractivity contribution in [3.8, 4) is 17.2 Å². The molecule has 2 heterocycles. The second-order valence-electron chi connectivity index (χ2n) is 9.04. The highest BCUT2D eigenvalue weighted by atomic mass is 32.2. The SMILES string of the molecule is CC(=O)O[C@@H]1C[C@@H]2c3c(cc(OS(=O)(=O)c4ccc(C)cc4)cc3OS(=O)(=O)c3ccc(C)cc3)O[C@@H]2O1. The Kier molecular flexibility index (Phi) is 6.58. The lowest BCUT2D eigenvalue weighted by molar-refractivity contribution is -0.188. The predicted molar refractivity (Wildman–Crippen MR) is 133 cm³/mol. The molecule has 0 unspecified atom stereocenters. The van der Waals surface area contributed by atoms with Crippen LogP contribution < -0.4 is 13.1 Å². The van der Waals surface area contributed by atoms with Crippen LogP contribution in [0, 0.1) is 13.8 Å². The van der Waals surface area contributed by atoms with Gasteiger partial charge in [-0.15, -0.1) is 0 Å². The Morgan fingerprint density at radius 1 is 0.842 bits per heavy atom. The highest BCUT2D eigenvalue weighted by Crippen LogP contribution is 2.52. The maximum atomic E-state index is 13.1. The molecule has 0 saturated carbocycles. The van der Waals surface area contributed by atoms with Gasteiger partial charge in [-0.1, -0.05) is 35.4 Å². The van der Waals surface area contributed by atoms with Crippen molar-refractivity contribution in [2.24, 2.45) is 0 Å². The van der Waals surface area contributed by atoms with Gasteiger partial charge in [-0.25, -0.2) is 0 Å². The summed E-state index contributed by atoms with van der Waals surface area (Å²) in [4.78, 5) is 11.2. The summed E-state index contributed by atoms with van der Waals surface area (Å²) < 4.78 is 79.6. The van der Waals surface area contributed by atoms with E-state index in [1.807, 2.05) is 13.8 Å². The topological polar surface area (TPSA) is 132 Å². The molecule has 200 valence electrons.